The van der Waals surface area contributed by atoms with Gasteiger partial charge in [0.1, 0.15) is 15.9 Å². The average Bonchev–Trinajstić information content (AvgIpc) is 3.02. The molecule has 2 aromatic rings. The summed E-state index contributed by atoms with van der Waals surface area (Å²) in [6, 6.07) is 2.71. The fraction of sp³-hybridized carbons (Fsp3) is 0.333. The summed E-state index contributed by atoms with van der Waals surface area (Å²) in [5.74, 6) is -1.58. The molecular weight excluding hydrogens is 302 g/mol. The zero-order valence-corrected chi connectivity index (χ0v) is 13.1. The van der Waals surface area contributed by atoms with E-state index in [9.17, 15) is 14.7 Å². The van der Waals surface area contributed by atoms with Crippen LogP contribution in [0.2, 0.25) is 0 Å². The lowest BCUT2D eigenvalue weighted by atomic mass is 9.99. The number of pyridine rings is 1. The molecular formula is C15H17N3O3S. The number of carboxylic acids is 1. The maximum absolute atomic E-state index is 12.2. The number of rotatable bonds is 6. The standard InChI is InChI=1S/C15H17N3O3S/c1-3-9(2)12(15(20)21)18-13(19)11-8-17-14(22-11)10-4-6-16-7-5-10/h4-9,12H,3H2,1-2H3,(H,18,19)(H,20,21)/t9-,12-/m0/s1. The summed E-state index contributed by atoms with van der Waals surface area (Å²) in [5, 5.41) is 12.5. The molecule has 7 heteroatoms. The van der Waals surface area contributed by atoms with Crippen LogP contribution in [0.3, 0.4) is 0 Å². The van der Waals surface area contributed by atoms with Gasteiger partial charge in [0, 0.05) is 18.0 Å². The number of carbonyl (C=O) groups excluding carboxylic acids is 1. The first kappa shape index (κ1) is 16.1. The molecule has 2 aromatic heterocycles. The predicted molar refractivity (Wildman–Crippen MR) is 83.7 cm³/mol. The van der Waals surface area contributed by atoms with Crippen LogP contribution in [0.25, 0.3) is 10.6 Å². The van der Waals surface area contributed by atoms with E-state index in [-0.39, 0.29) is 5.92 Å². The molecule has 22 heavy (non-hydrogen) atoms. The molecule has 0 fully saturated rings. The average molecular weight is 319 g/mol. The molecule has 0 aromatic carbocycles. The fourth-order valence-corrected chi connectivity index (χ4v) is 2.73. The van der Waals surface area contributed by atoms with Crippen LogP contribution in [0.15, 0.2) is 30.7 Å². The summed E-state index contributed by atoms with van der Waals surface area (Å²) in [5.41, 5.74) is 0.871. The minimum absolute atomic E-state index is 0.144. The monoisotopic (exact) mass is 319 g/mol. The summed E-state index contributed by atoms with van der Waals surface area (Å²) in [6.45, 7) is 3.69. The third kappa shape index (κ3) is 3.67. The molecule has 2 N–H and O–H groups in total. The van der Waals surface area contributed by atoms with Crippen molar-refractivity contribution in [2.75, 3.05) is 0 Å². The van der Waals surface area contributed by atoms with E-state index in [0.717, 1.165) is 5.56 Å². The number of nitrogens with zero attached hydrogens (tertiary/aromatic N) is 2. The lowest BCUT2D eigenvalue weighted by Crippen LogP contribution is -2.44. The zero-order valence-electron chi connectivity index (χ0n) is 12.3. The summed E-state index contributed by atoms with van der Waals surface area (Å²) >= 11 is 1.22. The number of nitrogens with one attached hydrogen (secondary N) is 1. The smallest absolute Gasteiger partial charge is 0.326 e. The minimum atomic E-state index is -1.03. The molecule has 1 amide bonds. The van der Waals surface area contributed by atoms with Gasteiger partial charge >= 0.3 is 5.97 Å². The fourth-order valence-electron chi connectivity index (χ4n) is 1.90. The van der Waals surface area contributed by atoms with Gasteiger partial charge in [-0.1, -0.05) is 20.3 Å². The van der Waals surface area contributed by atoms with Crippen LogP contribution in [-0.2, 0) is 4.79 Å². The Labute approximate surface area is 132 Å². The number of hydrogen-bond acceptors (Lipinski definition) is 5. The van der Waals surface area contributed by atoms with E-state index in [1.807, 2.05) is 6.92 Å². The van der Waals surface area contributed by atoms with Crippen LogP contribution in [0.5, 0.6) is 0 Å². The number of thiazole rings is 1. The first-order valence-corrected chi connectivity index (χ1v) is 7.74. The highest BCUT2D eigenvalue weighted by Crippen LogP contribution is 2.24. The lowest BCUT2D eigenvalue weighted by molar-refractivity contribution is -0.140. The molecule has 2 atom stereocenters. The van der Waals surface area contributed by atoms with Crippen molar-refractivity contribution in [2.45, 2.75) is 26.3 Å². The van der Waals surface area contributed by atoms with Gasteiger partial charge in [0.25, 0.3) is 5.91 Å². The number of amides is 1. The molecule has 116 valence electrons. The van der Waals surface area contributed by atoms with Gasteiger partial charge < -0.3 is 10.4 Å². The summed E-state index contributed by atoms with van der Waals surface area (Å²) < 4.78 is 0. The number of carbonyl (C=O) groups is 2. The molecule has 0 bridgehead atoms. The van der Waals surface area contributed by atoms with Crippen LogP contribution < -0.4 is 5.32 Å². The van der Waals surface area contributed by atoms with Crippen LogP contribution >= 0.6 is 11.3 Å². The second-order valence-corrected chi connectivity index (χ2v) is 5.97. The number of carboxylic acid groups (broad SMARTS) is 1. The van der Waals surface area contributed by atoms with Gasteiger partial charge in [-0.15, -0.1) is 11.3 Å². The van der Waals surface area contributed by atoms with Crippen molar-refractivity contribution in [3.8, 4) is 10.6 Å². The summed E-state index contributed by atoms with van der Waals surface area (Å²) in [7, 11) is 0. The SMILES string of the molecule is CC[C@H](C)[C@H](NC(=O)c1cnc(-c2ccncc2)s1)C(=O)O. The molecule has 0 aliphatic carbocycles. The highest BCUT2D eigenvalue weighted by atomic mass is 32.1. The van der Waals surface area contributed by atoms with Crippen LogP contribution in [0.4, 0.5) is 0 Å². The molecule has 0 saturated carbocycles. The maximum atomic E-state index is 12.2. The molecule has 6 nitrogen and oxygen atoms in total. The predicted octanol–water partition coefficient (Wildman–Crippen LogP) is 2.43. The Hall–Kier alpha value is -2.28. The van der Waals surface area contributed by atoms with E-state index in [1.54, 1.807) is 31.5 Å². The first-order chi connectivity index (χ1) is 10.5. The van der Waals surface area contributed by atoms with E-state index in [2.05, 4.69) is 15.3 Å². The minimum Gasteiger partial charge on any atom is -0.480 e. The third-order valence-corrected chi connectivity index (χ3v) is 4.47. The van der Waals surface area contributed by atoms with E-state index >= 15 is 0 Å². The molecule has 0 saturated heterocycles. The van der Waals surface area contributed by atoms with E-state index < -0.39 is 17.9 Å². The Bertz CT molecular complexity index is 657. The number of hydrogen-bond donors (Lipinski definition) is 2. The van der Waals surface area contributed by atoms with Crippen molar-refractivity contribution in [1.82, 2.24) is 15.3 Å². The molecule has 0 aliphatic heterocycles. The van der Waals surface area contributed by atoms with Gasteiger partial charge in [-0.3, -0.25) is 9.78 Å². The van der Waals surface area contributed by atoms with Crippen LogP contribution in [0.1, 0.15) is 29.9 Å². The topological polar surface area (TPSA) is 92.2 Å². The van der Waals surface area contributed by atoms with Crippen LogP contribution in [-0.4, -0.2) is 33.0 Å². The van der Waals surface area contributed by atoms with Crippen molar-refractivity contribution >= 4 is 23.2 Å². The van der Waals surface area contributed by atoms with Gasteiger partial charge in [0.15, 0.2) is 0 Å². The highest BCUT2D eigenvalue weighted by Gasteiger charge is 2.26. The van der Waals surface area contributed by atoms with Crippen molar-refractivity contribution in [1.29, 1.82) is 0 Å². The zero-order chi connectivity index (χ0) is 16.1. The molecule has 2 heterocycles. The van der Waals surface area contributed by atoms with E-state index in [4.69, 9.17) is 0 Å². The molecule has 0 aliphatic rings. The second-order valence-electron chi connectivity index (χ2n) is 4.94. The molecule has 0 radical (unpaired) electrons. The Morgan fingerprint density at radius 2 is 2.05 bits per heavy atom. The Balaban J connectivity index is 2.13. The lowest BCUT2D eigenvalue weighted by Gasteiger charge is -2.19. The first-order valence-electron chi connectivity index (χ1n) is 6.92. The summed E-state index contributed by atoms with van der Waals surface area (Å²) in [4.78, 5) is 32.0. The van der Waals surface area contributed by atoms with Gasteiger partial charge in [-0.25, -0.2) is 9.78 Å². The summed E-state index contributed by atoms with van der Waals surface area (Å²) in [6.07, 6.45) is 5.44. The van der Waals surface area contributed by atoms with E-state index in [1.165, 1.54) is 17.5 Å². The third-order valence-electron chi connectivity index (χ3n) is 3.42. The van der Waals surface area contributed by atoms with Crippen LogP contribution in [0, 0.1) is 5.92 Å². The van der Waals surface area contributed by atoms with Gasteiger partial charge in [-0.05, 0) is 18.1 Å². The van der Waals surface area contributed by atoms with Gasteiger partial charge in [-0.2, -0.15) is 0 Å². The quantitative estimate of drug-likeness (QED) is 0.853. The van der Waals surface area contributed by atoms with Gasteiger partial charge in [0.2, 0.25) is 0 Å². The maximum Gasteiger partial charge on any atom is 0.326 e. The molecule has 0 spiro atoms. The van der Waals surface area contributed by atoms with Crippen molar-refractivity contribution in [3.63, 3.8) is 0 Å². The largest absolute Gasteiger partial charge is 0.480 e. The Kier molecular flexibility index (Phi) is 5.21. The van der Waals surface area contributed by atoms with Crippen molar-refractivity contribution in [3.05, 3.63) is 35.6 Å². The van der Waals surface area contributed by atoms with Crippen molar-refractivity contribution in [2.24, 2.45) is 5.92 Å². The number of aromatic nitrogens is 2. The molecule has 0 unspecified atom stereocenters. The number of aliphatic carboxylic acids is 1. The second kappa shape index (κ2) is 7.13. The van der Waals surface area contributed by atoms with Gasteiger partial charge in [0.05, 0.1) is 6.20 Å². The molecule has 2 rings (SSSR count). The Morgan fingerprint density at radius 1 is 1.36 bits per heavy atom. The van der Waals surface area contributed by atoms with E-state index in [0.29, 0.717) is 16.3 Å². The Morgan fingerprint density at radius 3 is 2.64 bits per heavy atom. The van der Waals surface area contributed by atoms with Crippen molar-refractivity contribution < 1.29 is 14.7 Å². The normalized spacial score (nSPS) is 13.4. The highest BCUT2D eigenvalue weighted by molar-refractivity contribution is 7.16.